The van der Waals surface area contributed by atoms with Gasteiger partial charge in [-0.3, -0.25) is 4.79 Å². The Hall–Kier alpha value is -2.70. The molecule has 7 heteroatoms. The molecule has 0 aliphatic carbocycles. The molecule has 0 aliphatic rings. The van der Waals surface area contributed by atoms with E-state index < -0.39 is 0 Å². The minimum Gasteiger partial charge on any atom is -0.360 e. The van der Waals surface area contributed by atoms with Gasteiger partial charge in [0.25, 0.3) is 0 Å². The molecular formula is C15H18N6O. The van der Waals surface area contributed by atoms with Crippen LogP contribution in [0.2, 0.25) is 0 Å². The molecule has 1 amide bonds. The van der Waals surface area contributed by atoms with E-state index in [4.69, 9.17) is 0 Å². The molecule has 2 N–H and O–H groups in total. The lowest BCUT2D eigenvalue weighted by Gasteiger charge is -2.19. The number of hydrogen-bond acceptors (Lipinski definition) is 4. The first-order valence-corrected chi connectivity index (χ1v) is 7.08. The molecular weight excluding hydrogens is 280 g/mol. The quantitative estimate of drug-likeness (QED) is 0.771. The third kappa shape index (κ3) is 2.98. The lowest BCUT2D eigenvalue weighted by molar-refractivity contribution is -0.123. The number of rotatable bonds is 3. The van der Waals surface area contributed by atoms with Crippen molar-refractivity contribution in [1.29, 1.82) is 0 Å². The Morgan fingerprint density at radius 3 is 2.86 bits per heavy atom. The second-order valence-electron chi connectivity index (χ2n) is 6.19. The lowest BCUT2D eigenvalue weighted by atomic mass is 10.1. The van der Waals surface area contributed by atoms with Crippen molar-refractivity contribution >= 4 is 16.8 Å². The van der Waals surface area contributed by atoms with Crippen LogP contribution in [0.3, 0.4) is 0 Å². The van der Waals surface area contributed by atoms with Gasteiger partial charge in [0.2, 0.25) is 11.7 Å². The standard InChI is InChI=1S/C15H18N6O/c1-15(2,3)17-13(22)9-21-19-14(18-20-21)11-8-16-12-7-5-4-6-10(11)12/h4-8,16H,9H2,1-3H3,(H,17,22). The third-order valence-electron chi connectivity index (χ3n) is 3.08. The average molecular weight is 298 g/mol. The summed E-state index contributed by atoms with van der Waals surface area (Å²) >= 11 is 0. The van der Waals surface area contributed by atoms with Crippen molar-refractivity contribution in [3.05, 3.63) is 30.5 Å². The summed E-state index contributed by atoms with van der Waals surface area (Å²) in [4.78, 5) is 16.4. The Labute approximate surface area is 127 Å². The smallest absolute Gasteiger partial charge is 0.244 e. The molecule has 114 valence electrons. The van der Waals surface area contributed by atoms with E-state index in [2.05, 4.69) is 25.7 Å². The fourth-order valence-corrected chi connectivity index (χ4v) is 2.26. The molecule has 0 atom stereocenters. The van der Waals surface area contributed by atoms with Gasteiger partial charge in [-0.2, -0.15) is 4.80 Å². The molecule has 0 aliphatic heterocycles. The van der Waals surface area contributed by atoms with E-state index in [0.29, 0.717) is 5.82 Å². The van der Waals surface area contributed by atoms with Crippen LogP contribution < -0.4 is 5.32 Å². The number of tetrazole rings is 1. The van der Waals surface area contributed by atoms with Crippen molar-refractivity contribution in [1.82, 2.24) is 30.5 Å². The number of carbonyl (C=O) groups excluding carboxylic acids is 1. The van der Waals surface area contributed by atoms with Gasteiger partial charge < -0.3 is 10.3 Å². The summed E-state index contributed by atoms with van der Waals surface area (Å²) in [5.74, 6) is 0.358. The van der Waals surface area contributed by atoms with Crippen molar-refractivity contribution in [3.8, 4) is 11.4 Å². The van der Waals surface area contributed by atoms with Crippen LogP contribution in [-0.4, -0.2) is 36.6 Å². The highest BCUT2D eigenvalue weighted by Crippen LogP contribution is 2.24. The average Bonchev–Trinajstić information content (AvgIpc) is 3.02. The Bertz CT molecular complexity index is 811. The summed E-state index contributed by atoms with van der Waals surface area (Å²) in [7, 11) is 0. The SMILES string of the molecule is CC(C)(C)NC(=O)Cn1nnc(-c2c[nH]c3ccccc23)n1. The molecule has 0 radical (unpaired) electrons. The van der Waals surface area contributed by atoms with Crippen molar-refractivity contribution < 1.29 is 4.79 Å². The number of H-pyrrole nitrogens is 1. The second-order valence-corrected chi connectivity index (χ2v) is 6.19. The predicted octanol–water partition coefficient (Wildman–Crippen LogP) is 1.74. The summed E-state index contributed by atoms with van der Waals surface area (Å²) in [6.07, 6.45) is 1.85. The molecule has 0 saturated carbocycles. The number of aromatic amines is 1. The Morgan fingerprint density at radius 1 is 1.32 bits per heavy atom. The minimum atomic E-state index is -0.280. The second kappa shape index (κ2) is 5.25. The van der Waals surface area contributed by atoms with Gasteiger partial charge in [-0.25, -0.2) is 0 Å². The van der Waals surface area contributed by atoms with Crippen molar-refractivity contribution in [3.63, 3.8) is 0 Å². The van der Waals surface area contributed by atoms with Gasteiger partial charge in [-0.1, -0.05) is 18.2 Å². The molecule has 0 bridgehead atoms. The number of benzene rings is 1. The minimum absolute atomic E-state index is 0.0482. The Balaban J connectivity index is 1.81. The molecule has 7 nitrogen and oxygen atoms in total. The number of para-hydroxylation sites is 1. The van der Waals surface area contributed by atoms with Gasteiger partial charge in [0.15, 0.2) is 0 Å². The van der Waals surface area contributed by atoms with E-state index in [1.165, 1.54) is 4.80 Å². The summed E-state index contributed by atoms with van der Waals surface area (Å²) < 4.78 is 0. The molecule has 0 spiro atoms. The topological polar surface area (TPSA) is 88.5 Å². The van der Waals surface area contributed by atoms with Crippen LogP contribution in [0, 0.1) is 0 Å². The van der Waals surface area contributed by atoms with E-state index in [1.54, 1.807) is 0 Å². The zero-order valence-corrected chi connectivity index (χ0v) is 12.8. The first-order chi connectivity index (χ1) is 10.4. The maximum atomic E-state index is 11.9. The van der Waals surface area contributed by atoms with Crippen LogP contribution in [0.25, 0.3) is 22.3 Å². The maximum Gasteiger partial charge on any atom is 0.244 e. The van der Waals surface area contributed by atoms with Crippen LogP contribution in [0.15, 0.2) is 30.5 Å². The summed E-state index contributed by atoms with van der Waals surface area (Å²) in [6.45, 7) is 5.83. The molecule has 0 unspecified atom stereocenters. The molecule has 0 fully saturated rings. The molecule has 3 aromatic rings. The summed E-state index contributed by atoms with van der Waals surface area (Å²) in [5, 5.41) is 16.2. The van der Waals surface area contributed by atoms with Crippen molar-refractivity contribution in [2.45, 2.75) is 32.9 Å². The fourth-order valence-electron chi connectivity index (χ4n) is 2.26. The molecule has 22 heavy (non-hydrogen) atoms. The number of nitrogens with one attached hydrogen (secondary N) is 2. The summed E-state index contributed by atoms with van der Waals surface area (Å²) in [5.41, 5.74) is 1.61. The number of fused-ring (bicyclic) bond motifs is 1. The van der Waals surface area contributed by atoms with Gasteiger partial charge in [0.05, 0.1) is 0 Å². The van der Waals surface area contributed by atoms with Gasteiger partial charge in [0.1, 0.15) is 6.54 Å². The summed E-state index contributed by atoms with van der Waals surface area (Å²) in [6, 6.07) is 7.90. The zero-order valence-electron chi connectivity index (χ0n) is 12.8. The maximum absolute atomic E-state index is 11.9. The first kappa shape index (κ1) is 14.2. The van der Waals surface area contributed by atoms with Crippen molar-refractivity contribution in [2.24, 2.45) is 0 Å². The highest BCUT2D eigenvalue weighted by Gasteiger charge is 2.16. The van der Waals surface area contributed by atoms with Crippen LogP contribution in [-0.2, 0) is 11.3 Å². The highest BCUT2D eigenvalue weighted by atomic mass is 16.2. The zero-order chi connectivity index (χ0) is 15.7. The number of hydrogen-bond donors (Lipinski definition) is 2. The van der Waals surface area contributed by atoms with Crippen LogP contribution in [0.1, 0.15) is 20.8 Å². The molecule has 2 heterocycles. The largest absolute Gasteiger partial charge is 0.360 e. The number of nitrogens with zero attached hydrogens (tertiary/aromatic N) is 4. The van der Waals surface area contributed by atoms with Crippen LogP contribution >= 0.6 is 0 Å². The molecule has 3 rings (SSSR count). The fraction of sp³-hybridized carbons (Fsp3) is 0.333. The molecule has 2 aromatic heterocycles. The van der Waals surface area contributed by atoms with Crippen LogP contribution in [0.4, 0.5) is 0 Å². The van der Waals surface area contributed by atoms with Gasteiger partial charge in [-0.05, 0) is 32.1 Å². The number of aromatic nitrogens is 5. The monoisotopic (exact) mass is 298 g/mol. The van der Waals surface area contributed by atoms with E-state index in [0.717, 1.165) is 16.5 Å². The molecule has 1 aromatic carbocycles. The predicted molar refractivity (Wildman–Crippen MR) is 83.0 cm³/mol. The molecule has 0 saturated heterocycles. The van der Waals surface area contributed by atoms with E-state index >= 15 is 0 Å². The Morgan fingerprint density at radius 2 is 2.09 bits per heavy atom. The normalized spacial score (nSPS) is 11.8. The van der Waals surface area contributed by atoms with Gasteiger partial charge >= 0.3 is 0 Å². The number of amides is 1. The highest BCUT2D eigenvalue weighted by molar-refractivity contribution is 5.93. The number of carbonyl (C=O) groups is 1. The third-order valence-corrected chi connectivity index (χ3v) is 3.08. The van der Waals surface area contributed by atoms with Crippen molar-refractivity contribution in [2.75, 3.05) is 0 Å². The Kier molecular flexibility index (Phi) is 3.40. The lowest BCUT2D eigenvalue weighted by Crippen LogP contribution is -2.42. The van der Waals surface area contributed by atoms with E-state index in [-0.39, 0.29) is 18.0 Å². The first-order valence-electron chi connectivity index (χ1n) is 7.08. The van der Waals surface area contributed by atoms with Gasteiger partial charge in [-0.15, -0.1) is 10.2 Å². The van der Waals surface area contributed by atoms with E-state index in [1.807, 2.05) is 51.2 Å². The van der Waals surface area contributed by atoms with Crippen LogP contribution in [0.5, 0.6) is 0 Å². The van der Waals surface area contributed by atoms with Gasteiger partial charge in [0, 0.05) is 28.2 Å². The van der Waals surface area contributed by atoms with E-state index in [9.17, 15) is 4.79 Å².